The van der Waals surface area contributed by atoms with Gasteiger partial charge in [0.1, 0.15) is 5.82 Å². The summed E-state index contributed by atoms with van der Waals surface area (Å²) in [6, 6.07) is 6.10. The van der Waals surface area contributed by atoms with Gasteiger partial charge in [-0.1, -0.05) is 0 Å². The summed E-state index contributed by atoms with van der Waals surface area (Å²) in [5.41, 5.74) is 3.41. The van der Waals surface area contributed by atoms with Gasteiger partial charge in [0, 0.05) is 5.69 Å². The van der Waals surface area contributed by atoms with Crippen LogP contribution in [0, 0.1) is 5.82 Å². The second kappa shape index (κ2) is 5.03. The lowest BCUT2D eigenvalue weighted by molar-refractivity contribution is -0.137. The molecule has 2 aromatic carbocycles. The van der Waals surface area contributed by atoms with Gasteiger partial charge in [-0.2, -0.15) is 13.2 Å². The van der Waals surface area contributed by atoms with E-state index in [1.807, 2.05) is 0 Å². The van der Waals surface area contributed by atoms with E-state index in [1.54, 1.807) is 0 Å². The van der Waals surface area contributed by atoms with E-state index in [2.05, 4.69) is 0 Å². The van der Waals surface area contributed by atoms with Crippen LogP contribution in [0.15, 0.2) is 52.3 Å². The number of benzene rings is 2. The summed E-state index contributed by atoms with van der Waals surface area (Å²) in [4.78, 5) is -0.863. The van der Waals surface area contributed by atoms with Gasteiger partial charge in [0.25, 0.3) is 0 Å². The lowest BCUT2D eigenvalue weighted by Crippen LogP contribution is -2.11. The first kappa shape index (κ1) is 15.3. The van der Waals surface area contributed by atoms with Crippen LogP contribution in [0.5, 0.6) is 0 Å². The Morgan fingerprint density at radius 1 is 0.905 bits per heavy atom. The van der Waals surface area contributed by atoms with E-state index in [1.165, 1.54) is 0 Å². The summed E-state index contributed by atoms with van der Waals surface area (Å²) in [7, 11) is -4.18. The number of nitrogen functional groups attached to an aromatic ring is 1. The lowest BCUT2D eigenvalue weighted by Gasteiger charge is -2.12. The number of hydrogen-bond acceptors (Lipinski definition) is 3. The van der Waals surface area contributed by atoms with Crippen LogP contribution in [0.1, 0.15) is 5.56 Å². The molecule has 0 heterocycles. The zero-order valence-electron chi connectivity index (χ0n) is 10.4. The number of hydrogen-bond donors (Lipinski definition) is 1. The zero-order chi connectivity index (χ0) is 15.8. The Kier molecular flexibility index (Phi) is 3.66. The van der Waals surface area contributed by atoms with Crippen molar-refractivity contribution >= 4 is 15.5 Å². The second-order valence-corrected chi connectivity index (χ2v) is 6.15. The molecule has 0 atom stereocenters. The molecule has 2 rings (SSSR count). The average Bonchev–Trinajstić information content (AvgIpc) is 2.38. The van der Waals surface area contributed by atoms with E-state index in [-0.39, 0.29) is 4.90 Å². The largest absolute Gasteiger partial charge is 0.418 e. The highest BCUT2D eigenvalue weighted by atomic mass is 32.2. The summed E-state index contributed by atoms with van der Waals surface area (Å²) in [6.07, 6.45) is -4.77. The van der Waals surface area contributed by atoms with Gasteiger partial charge in [-0.15, -0.1) is 0 Å². The van der Waals surface area contributed by atoms with Crippen LogP contribution in [0.3, 0.4) is 0 Å². The summed E-state index contributed by atoms with van der Waals surface area (Å²) < 4.78 is 75.4. The van der Waals surface area contributed by atoms with Crippen molar-refractivity contribution in [1.82, 2.24) is 0 Å². The molecule has 0 aliphatic rings. The first-order valence-corrected chi connectivity index (χ1v) is 7.08. The Morgan fingerprint density at radius 3 is 1.95 bits per heavy atom. The molecule has 112 valence electrons. The SMILES string of the molecule is Nc1ccc(S(=O)(=O)c2ccc(F)cc2)cc1C(F)(F)F. The number of nitrogens with two attached hydrogens (primary N) is 1. The molecule has 0 amide bonds. The van der Waals surface area contributed by atoms with E-state index >= 15 is 0 Å². The number of halogens is 4. The maximum atomic E-state index is 12.8. The third kappa shape index (κ3) is 2.99. The summed E-state index contributed by atoms with van der Waals surface area (Å²) in [5, 5.41) is 0. The van der Waals surface area contributed by atoms with E-state index in [0.29, 0.717) is 6.07 Å². The molecular formula is C13H9F4NO2S. The topological polar surface area (TPSA) is 60.2 Å². The van der Waals surface area contributed by atoms with Crippen molar-refractivity contribution in [1.29, 1.82) is 0 Å². The smallest absolute Gasteiger partial charge is 0.398 e. The number of anilines is 1. The molecule has 0 aliphatic heterocycles. The highest BCUT2D eigenvalue weighted by Gasteiger charge is 2.34. The minimum absolute atomic E-state index is 0.304. The molecule has 0 fully saturated rings. The number of alkyl halides is 3. The third-order valence-electron chi connectivity index (χ3n) is 2.76. The summed E-state index contributed by atoms with van der Waals surface area (Å²) in [5.74, 6) is -0.651. The maximum Gasteiger partial charge on any atom is 0.418 e. The molecular weight excluding hydrogens is 310 g/mol. The van der Waals surface area contributed by atoms with Crippen molar-refractivity contribution in [2.24, 2.45) is 0 Å². The Hall–Kier alpha value is -2.09. The molecule has 2 aromatic rings. The van der Waals surface area contributed by atoms with Crippen LogP contribution in [0.25, 0.3) is 0 Å². The summed E-state index contributed by atoms with van der Waals surface area (Å²) >= 11 is 0. The van der Waals surface area contributed by atoms with Crippen molar-refractivity contribution in [2.75, 3.05) is 5.73 Å². The predicted molar refractivity (Wildman–Crippen MR) is 67.7 cm³/mol. The van der Waals surface area contributed by atoms with Crippen LogP contribution < -0.4 is 5.73 Å². The fourth-order valence-corrected chi connectivity index (χ4v) is 2.98. The van der Waals surface area contributed by atoms with Crippen molar-refractivity contribution in [3.63, 3.8) is 0 Å². The fourth-order valence-electron chi connectivity index (χ4n) is 1.70. The van der Waals surface area contributed by atoms with Gasteiger partial charge in [-0.05, 0) is 42.5 Å². The standard InChI is InChI=1S/C13H9F4NO2S/c14-8-1-3-9(4-2-8)21(19,20)10-5-6-12(18)11(7-10)13(15,16)17/h1-7H,18H2. The van der Waals surface area contributed by atoms with Crippen molar-refractivity contribution in [2.45, 2.75) is 16.0 Å². The van der Waals surface area contributed by atoms with Crippen molar-refractivity contribution < 1.29 is 26.0 Å². The van der Waals surface area contributed by atoms with Gasteiger partial charge >= 0.3 is 6.18 Å². The van der Waals surface area contributed by atoms with Crippen LogP contribution in [0.4, 0.5) is 23.2 Å². The maximum absolute atomic E-state index is 12.8. The monoisotopic (exact) mass is 319 g/mol. The molecule has 0 saturated heterocycles. The molecule has 0 radical (unpaired) electrons. The highest BCUT2D eigenvalue weighted by molar-refractivity contribution is 7.91. The Balaban J connectivity index is 2.58. The van der Waals surface area contributed by atoms with E-state index in [4.69, 9.17) is 5.73 Å². The predicted octanol–water partition coefficient (Wildman–Crippen LogP) is 3.26. The fraction of sp³-hybridized carbons (Fsp3) is 0.0769. The molecule has 2 N–H and O–H groups in total. The van der Waals surface area contributed by atoms with E-state index < -0.39 is 38.0 Å². The number of sulfone groups is 1. The van der Waals surface area contributed by atoms with Gasteiger partial charge < -0.3 is 5.73 Å². The van der Waals surface area contributed by atoms with Crippen LogP contribution in [-0.4, -0.2) is 8.42 Å². The van der Waals surface area contributed by atoms with Crippen LogP contribution >= 0.6 is 0 Å². The minimum Gasteiger partial charge on any atom is -0.398 e. The Labute approximate surface area is 117 Å². The minimum atomic E-state index is -4.77. The van der Waals surface area contributed by atoms with Crippen LogP contribution in [0.2, 0.25) is 0 Å². The van der Waals surface area contributed by atoms with Crippen molar-refractivity contribution in [3.8, 4) is 0 Å². The van der Waals surface area contributed by atoms with E-state index in [0.717, 1.165) is 36.4 Å². The normalized spacial score (nSPS) is 12.4. The molecule has 0 saturated carbocycles. The van der Waals surface area contributed by atoms with E-state index in [9.17, 15) is 26.0 Å². The average molecular weight is 319 g/mol. The molecule has 21 heavy (non-hydrogen) atoms. The zero-order valence-corrected chi connectivity index (χ0v) is 11.2. The number of rotatable bonds is 2. The van der Waals surface area contributed by atoms with Gasteiger partial charge in [-0.3, -0.25) is 0 Å². The Bertz CT molecular complexity index is 768. The lowest BCUT2D eigenvalue weighted by atomic mass is 10.2. The van der Waals surface area contributed by atoms with Crippen LogP contribution in [-0.2, 0) is 16.0 Å². The molecule has 0 spiro atoms. The van der Waals surface area contributed by atoms with Gasteiger partial charge in [0.05, 0.1) is 15.4 Å². The van der Waals surface area contributed by atoms with Gasteiger partial charge in [-0.25, -0.2) is 12.8 Å². The first-order chi connectivity index (χ1) is 9.62. The molecule has 0 aliphatic carbocycles. The van der Waals surface area contributed by atoms with Gasteiger partial charge in [0.15, 0.2) is 0 Å². The second-order valence-electron chi connectivity index (χ2n) is 4.20. The highest BCUT2D eigenvalue weighted by Crippen LogP contribution is 2.35. The Morgan fingerprint density at radius 2 is 1.43 bits per heavy atom. The van der Waals surface area contributed by atoms with Crippen molar-refractivity contribution in [3.05, 3.63) is 53.8 Å². The molecule has 0 unspecified atom stereocenters. The third-order valence-corrected chi connectivity index (χ3v) is 4.53. The summed E-state index contributed by atoms with van der Waals surface area (Å²) in [6.45, 7) is 0. The van der Waals surface area contributed by atoms with Gasteiger partial charge in [0.2, 0.25) is 9.84 Å². The molecule has 3 nitrogen and oxygen atoms in total. The quantitative estimate of drug-likeness (QED) is 0.525. The molecule has 0 bridgehead atoms. The molecule has 0 aromatic heterocycles. The molecule has 8 heteroatoms. The first-order valence-electron chi connectivity index (χ1n) is 5.60.